The number of fused-ring (bicyclic) bond motifs is 1. The van der Waals surface area contributed by atoms with Gasteiger partial charge in [-0.2, -0.15) is 0 Å². The summed E-state index contributed by atoms with van der Waals surface area (Å²) in [6, 6.07) is 31.2. The SMILES string of the molecule is O=C(CN(c1ccccc1Oc1ccccc1)S(=O)(=O)c1ccccc1)Nc1ccc2[nH]ccc2c1. The molecule has 4 aromatic carbocycles. The molecule has 0 aliphatic carbocycles. The molecule has 5 aromatic rings. The highest BCUT2D eigenvalue weighted by atomic mass is 32.2. The number of hydrogen-bond acceptors (Lipinski definition) is 4. The highest BCUT2D eigenvalue weighted by Gasteiger charge is 2.29. The van der Waals surface area contributed by atoms with Gasteiger partial charge >= 0.3 is 0 Å². The van der Waals surface area contributed by atoms with Crippen molar-refractivity contribution >= 4 is 38.2 Å². The van der Waals surface area contributed by atoms with E-state index in [0.717, 1.165) is 15.2 Å². The Labute approximate surface area is 209 Å². The fourth-order valence-electron chi connectivity index (χ4n) is 3.85. The molecule has 0 saturated heterocycles. The number of H-pyrrole nitrogens is 1. The summed E-state index contributed by atoms with van der Waals surface area (Å²) < 4.78 is 34.6. The van der Waals surface area contributed by atoms with Crippen molar-refractivity contribution in [2.45, 2.75) is 4.90 Å². The Balaban J connectivity index is 1.50. The third-order valence-corrected chi connectivity index (χ3v) is 7.33. The van der Waals surface area contributed by atoms with Crippen LogP contribution in [0.2, 0.25) is 0 Å². The third kappa shape index (κ3) is 4.94. The van der Waals surface area contributed by atoms with E-state index in [9.17, 15) is 13.2 Å². The summed E-state index contributed by atoms with van der Waals surface area (Å²) in [4.78, 5) is 16.3. The summed E-state index contributed by atoms with van der Waals surface area (Å²) in [6.07, 6.45) is 1.81. The number of carbonyl (C=O) groups excluding carboxylic acids is 1. The quantitative estimate of drug-likeness (QED) is 0.284. The van der Waals surface area contributed by atoms with E-state index in [1.807, 2.05) is 42.6 Å². The predicted octanol–water partition coefficient (Wildman–Crippen LogP) is 5.79. The maximum absolute atomic E-state index is 13.8. The number of sulfonamides is 1. The van der Waals surface area contributed by atoms with Gasteiger partial charge in [-0.1, -0.05) is 48.5 Å². The van der Waals surface area contributed by atoms with Crippen LogP contribution in [0.25, 0.3) is 10.9 Å². The summed E-state index contributed by atoms with van der Waals surface area (Å²) in [7, 11) is -4.09. The second-order valence-corrected chi connectivity index (χ2v) is 9.90. The van der Waals surface area contributed by atoms with Crippen LogP contribution in [0.5, 0.6) is 11.5 Å². The zero-order valence-corrected chi connectivity index (χ0v) is 20.0. The van der Waals surface area contributed by atoms with Crippen LogP contribution >= 0.6 is 0 Å². The number of hydrogen-bond donors (Lipinski definition) is 2. The summed E-state index contributed by atoms with van der Waals surface area (Å²) in [5.74, 6) is 0.370. The number of rotatable bonds is 8. The molecule has 0 aliphatic rings. The van der Waals surface area contributed by atoms with Crippen LogP contribution in [0.3, 0.4) is 0 Å². The molecule has 0 aliphatic heterocycles. The lowest BCUT2D eigenvalue weighted by molar-refractivity contribution is -0.114. The van der Waals surface area contributed by atoms with Gasteiger partial charge in [-0.15, -0.1) is 0 Å². The minimum absolute atomic E-state index is 0.0704. The van der Waals surface area contributed by atoms with Gasteiger partial charge in [0.1, 0.15) is 12.3 Å². The van der Waals surface area contributed by atoms with Gasteiger partial charge in [0.05, 0.1) is 10.6 Å². The smallest absolute Gasteiger partial charge is 0.264 e. The molecule has 36 heavy (non-hydrogen) atoms. The second-order valence-electron chi connectivity index (χ2n) is 8.04. The van der Waals surface area contributed by atoms with Crippen LogP contribution < -0.4 is 14.4 Å². The zero-order chi connectivity index (χ0) is 25.0. The van der Waals surface area contributed by atoms with E-state index < -0.39 is 22.5 Å². The number of nitrogens with one attached hydrogen (secondary N) is 2. The van der Waals surface area contributed by atoms with E-state index in [1.54, 1.807) is 60.7 Å². The number of anilines is 2. The van der Waals surface area contributed by atoms with Gasteiger partial charge < -0.3 is 15.0 Å². The predicted molar refractivity (Wildman–Crippen MR) is 141 cm³/mol. The number of para-hydroxylation sites is 3. The van der Waals surface area contributed by atoms with Gasteiger partial charge in [0.25, 0.3) is 10.0 Å². The Hall–Kier alpha value is -4.56. The first-order chi connectivity index (χ1) is 17.5. The summed E-state index contributed by atoms with van der Waals surface area (Å²) in [6.45, 7) is -0.447. The molecular formula is C28H23N3O4S. The first kappa shape index (κ1) is 23.2. The highest BCUT2D eigenvalue weighted by Crippen LogP contribution is 2.35. The molecule has 1 amide bonds. The van der Waals surface area contributed by atoms with Crippen molar-refractivity contribution in [3.8, 4) is 11.5 Å². The van der Waals surface area contributed by atoms with E-state index >= 15 is 0 Å². The second kappa shape index (κ2) is 9.97. The number of ether oxygens (including phenoxy) is 1. The van der Waals surface area contributed by atoms with Crippen LogP contribution in [0.15, 0.2) is 120 Å². The van der Waals surface area contributed by atoms with Crippen molar-refractivity contribution in [3.05, 3.63) is 115 Å². The van der Waals surface area contributed by atoms with Crippen molar-refractivity contribution in [1.82, 2.24) is 4.98 Å². The molecule has 8 heteroatoms. The summed E-state index contributed by atoms with van der Waals surface area (Å²) >= 11 is 0. The Morgan fingerprint density at radius 1 is 0.833 bits per heavy atom. The van der Waals surface area contributed by atoms with Gasteiger partial charge in [0, 0.05) is 22.8 Å². The molecule has 0 bridgehead atoms. The van der Waals surface area contributed by atoms with Crippen molar-refractivity contribution < 1.29 is 17.9 Å². The van der Waals surface area contributed by atoms with Crippen molar-refractivity contribution in [3.63, 3.8) is 0 Å². The topological polar surface area (TPSA) is 91.5 Å². The Morgan fingerprint density at radius 3 is 2.31 bits per heavy atom. The van der Waals surface area contributed by atoms with Gasteiger partial charge in [0.15, 0.2) is 5.75 Å². The number of carbonyl (C=O) groups is 1. The largest absolute Gasteiger partial charge is 0.455 e. The van der Waals surface area contributed by atoms with Crippen LogP contribution in [0.1, 0.15) is 0 Å². The fourth-order valence-corrected chi connectivity index (χ4v) is 5.30. The molecule has 0 saturated carbocycles. The lowest BCUT2D eigenvalue weighted by atomic mass is 10.2. The molecule has 180 valence electrons. The molecule has 1 aromatic heterocycles. The van der Waals surface area contributed by atoms with E-state index in [0.29, 0.717) is 17.2 Å². The number of benzene rings is 4. The molecule has 2 N–H and O–H groups in total. The number of aromatic nitrogens is 1. The zero-order valence-electron chi connectivity index (χ0n) is 19.2. The van der Waals surface area contributed by atoms with Crippen LogP contribution in [-0.2, 0) is 14.8 Å². The van der Waals surface area contributed by atoms with Crippen molar-refractivity contribution in [1.29, 1.82) is 0 Å². The summed E-state index contributed by atoms with van der Waals surface area (Å²) in [5.41, 5.74) is 1.76. The van der Waals surface area contributed by atoms with E-state index in [2.05, 4.69) is 10.3 Å². The minimum atomic E-state index is -4.09. The first-order valence-electron chi connectivity index (χ1n) is 11.3. The van der Waals surface area contributed by atoms with Crippen LogP contribution in [-0.4, -0.2) is 25.9 Å². The molecular weight excluding hydrogens is 474 g/mol. The number of aromatic amines is 1. The van der Waals surface area contributed by atoms with Crippen LogP contribution in [0.4, 0.5) is 11.4 Å². The highest BCUT2D eigenvalue weighted by molar-refractivity contribution is 7.92. The lowest BCUT2D eigenvalue weighted by Gasteiger charge is -2.26. The van der Waals surface area contributed by atoms with E-state index in [-0.39, 0.29) is 10.6 Å². The summed E-state index contributed by atoms with van der Waals surface area (Å²) in [5, 5.41) is 3.75. The maximum atomic E-state index is 13.8. The molecule has 5 rings (SSSR count). The molecule has 0 radical (unpaired) electrons. The fraction of sp³-hybridized carbons (Fsp3) is 0.0357. The average Bonchev–Trinajstić information content (AvgIpc) is 3.37. The standard InChI is InChI=1S/C28H23N3O4S/c32-28(30-22-15-16-25-21(19-22)17-18-29-25)20-31(36(33,34)24-11-5-2-6-12-24)26-13-7-8-14-27(26)35-23-9-3-1-4-10-23/h1-19,29H,20H2,(H,30,32). The van der Waals surface area contributed by atoms with Crippen LogP contribution in [0, 0.1) is 0 Å². The Bertz CT molecular complexity index is 1600. The Kier molecular flexibility index (Phi) is 6.42. The van der Waals surface area contributed by atoms with Crippen molar-refractivity contribution in [2.24, 2.45) is 0 Å². The van der Waals surface area contributed by atoms with E-state index in [1.165, 1.54) is 12.1 Å². The van der Waals surface area contributed by atoms with E-state index in [4.69, 9.17) is 4.74 Å². The molecule has 0 atom stereocenters. The van der Waals surface area contributed by atoms with Crippen molar-refractivity contribution in [2.75, 3.05) is 16.2 Å². The van der Waals surface area contributed by atoms with Gasteiger partial charge in [0.2, 0.25) is 5.91 Å². The number of amides is 1. The van der Waals surface area contributed by atoms with Gasteiger partial charge in [-0.05, 0) is 60.7 Å². The third-order valence-electron chi connectivity index (χ3n) is 5.56. The Morgan fingerprint density at radius 2 is 1.53 bits per heavy atom. The normalized spacial score (nSPS) is 11.2. The van der Waals surface area contributed by atoms with Gasteiger partial charge in [-0.25, -0.2) is 8.42 Å². The molecule has 1 heterocycles. The molecule has 0 fully saturated rings. The van der Waals surface area contributed by atoms with Gasteiger partial charge in [-0.3, -0.25) is 9.10 Å². The average molecular weight is 498 g/mol. The molecule has 7 nitrogen and oxygen atoms in total. The molecule has 0 unspecified atom stereocenters. The molecule has 0 spiro atoms. The maximum Gasteiger partial charge on any atom is 0.264 e. The number of nitrogens with zero attached hydrogens (tertiary/aromatic N) is 1. The lowest BCUT2D eigenvalue weighted by Crippen LogP contribution is -2.38. The monoisotopic (exact) mass is 497 g/mol. The minimum Gasteiger partial charge on any atom is -0.455 e. The first-order valence-corrected chi connectivity index (χ1v) is 12.7.